The molecule has 0 saturated carbocycles. The molecule has 0 spiro atoms. The first-order valence-electron chi connectivity index (χ1n) is 5.25. The van der Waals surface area contributed by atoms with Crippen molar-refractivity contribution in [3.8, 4) is 0 Å². The van der Waals surface area contributed by atoms with Gasteiger partial charge in [-0.25, -0.2) is 4.98 Å². The van der Waals surface area contributed by atoms with Crippen LogP contribution >= 0.6 is 38.9 Å². The van der Waals surface area contributed by atoms with Crippen molar-refractivity contribution >= 4 is 44.7 Å². The smallest absolute Gasteiger partial charge is 0.145 e. The fourth-order valence-corrected chi connectivity index (χ4v) is 3.05. The molecule has 0 aliphatic heterocycles. The second kappa shape index (κ2) is 5.85. The van der Waals surface area contributed by atoms with Gasteiger partial charge in [-0.3, -0.25) is 0 Å². The van der Waals surface area contributed by atoms with Crippen molar-refractivity contribution in [1.82, 2.24) is 4.98 Å². The molecule has 2 rings (SSSR count). The summed E-state index contributed by atoms with van der Waals surface area (Å²) in [7, 11) is 0. The van der Waals surface area contributed by atoms with E-state index in [0.717, 1.165) is 16.7 Å². The van der Waals surface area contributed by atoms with E-state index in [-0.39, 0.29) is 0 Å². The second-order valence-corrected chi connectivity index (χ2v) is 6.17. The normalized spacial score (nSPS) is 12.4. The standard InChI is InChI=1S/C12H12BrClN2S/c1-8(5-10-3-2-4-17-10)16-12-11(14)6-9(13)7-15-12/h2-4,6-8H,5H2,1H3,(H,15,16). The van der Waals surface area contributed by atoms with E-state index in [1.807, 2.05) is 6.07 Å². The molecule has 1 N–H and O–H groups in total. The average Bonchev–Trinajstić information content (AvgIpc) is 2.75. The molecular weight excluding hydrogens is 320 g/mol. The highest BCUT2D eigenvalue weighted by molar-refractivity contribution is 9.10. The minimum Gasteiger partial charge on any atom is -0.366 e. The van der Waals surface area contributed by atoms with Crippen LogP contribution in [0.2, 0.25) is 5.02 Å². The highest BCUT2D eigenvalue weighted by atomic mass is 79.9. The van der Waals surface area contributed by atoms with Crippen molar-refractivity contribution in [3.63, 3.8) is 0 Å². The third-order valence-electron chi connectivity index (χ3n) is 2.28. The number of nitrogens with zero attached hydrogens (tertiary/aromatic N) is 1. The lowest BCUT2D eigenvalue weighted by Crippen LogP contribution is -2.18. The number of hydrogen-bond donors (Lipinski definition) is 1. The van der Waals surface area contributed by atoms with Crippen LogP contribution in [-0.2, 0) is 6.42 Å². The minimum absolute atomic E-state index is 0.305. The molecule has 2 heterocycles. The zero-order valence-electron chi connectivity index (χ0n) is 9.28. The third-order valence-corrected chi connectivity index (χ3v) is 3.90. The van der Waals surface area contributed by atoms with Gasteiger partial charge in [0.1, 0.15) is 5.82 Å². The number of nitrogens with one attached hydrogen (secondary N) is 1. The zero-order valence-corrected chi connectivity index (χ0v) is 12.4. The van der Waals surface area contributed by atoms with E-state index in [1.54, 1.807) is 17.5 Å². The molecule has 0 fully saturated rings. The number of aromatic nitrogens is 1. The van der Waals surface area contributed by atoms with Gasteiger partial charge >= 0.3 is 0 Å². The molecule has 5 heteroatoms. The third kappa shape index (κ3) is 3.69. The molecule has 0 aliphatic carbocycles. The van der Waals surface area contributed by atoms with Crippen LogP contribution in [0, 0.1) is 0 Å². The number of rotatable bonds is 4. The van der Waals surface area contributed by atoms with Crippen molar-refractivity contribution in [1.29, 1.82) is 0 Å². The summed E-state index contributed by atoms with van der Waals surface area (Å²) >= 11 is 11.2. The molecule has 0 bridgehead atoms. The summed E-state index contributed by atoms with van der Waals surface area (Å²) in [6.45, 7) is 2.12. The minimum atomic E-state index is 0.305. The average molecular weight is 332 g/mol. The lowest BCUT2D eigenvalue weighted by Gasteiger charge is -2.14. The van der Waals surface area contributed by atoms with Crippen LogP contribution in [0.5, 0.6) is 0 Å². The highest BCUT2D eigenvalue weighted by Crippen LogP contribution is 2.24. The first kappa shape index (κ1) is 12.9. The molecule has 0 amide bonds. The Morgan fingerprint density at radius 2 is 2.41 bits per heavy atom. The number of halogens is 2. The number of pyridine rings is 1. The van der Waals surface area contributed by atoms with E-state index in [4.69, 9.17) is 11.6 Å². The van der Waals surface area contributed by atoms with E-state index < -0.39 is 0 Å². The van der Waals surface area contributed by atoms with Crippen LogP contribution in [0.1, 0.15) is 11.8 Å². The molecular formula is C12H12BrClN2S. The van der Waals surface area contributed by atoms with Gasteiger partial charge in [0.2, 0.25) is 0 Å². The van der Waals surface area contributed by atoms with Gasteiger partial charge in [-0.1, -0.05) is 17.7 Å². The van der Waals surface area contributed by atoms with Crippen molar-refractivity contribution in [2.24, 2.45) is 0 Å². The molecule has 2 nitrogen and oxygen atoms in total. The van der Waals surface area contributed by atoms with Gasteiger partial charge in [0, 0.05) is 28.0 Å². The topological polar surface area (TPSA) is 24.9 Å². The first-order chi connectivity index (χ1) is 8.15. The van der Waals surface area contributed by atoms with Crippen LogP contribution in [-0.4, -0.2) is 11.0 Å². The van der Waals surface area contributed by atoms with Crippen molar-refractivity contribution in [2.75, 3.05) is 5.32 Å². The molecule has 1 atom stereocenters. The SMILES string of the molecule is CC(Cc1cccs1)Nc1ncc(Br)cc1Cl. The molecule has 0 aromatic carbocycles. The Bertz CT molecular complexity index is 487. The van der Waals surface area contributed by atoms with Gasteiger partial charge < -0.3 is 5.32 Å². The Kier molecular flexibility index (Phi) is 4.42. The number of thiophene rings is 1. The van der Waals surface area contributed by atoms with E-state index in [2.05, 4.69) is 50.7 Å². The summed E-state index contributed by atoms with van der Waals surface area (Å²) in [6.07, 6.45) is 2.72. The Labute approximate surface area is 118 Å². The van der Waals surface area contributed by atoms with Crippen molar-refractivity contribution in [3.05, 3.63) is 44.1 Å². The predicted molar refractivity (Wildman–Crippen MR) is 78.1 cm³/mol. The van der Waals surface area contributed by atoms with Crippen LogP contribution in [0.4, 0.5) is 5.82 Å². The molecule has 0 saturated heterocycles. The monoisotopic (exact) mass is 330 g/mol. The van der Waals surface area contributed by atoms with Gasteiger partial charge in [-0.2, -0.15) is 0 Å². The summed E-state index contributed by atoms with van der Waals surface area (Å²) in [5.41, 5.74) is 0. The Balaban J connectivity index is 2.00. The molecule has 0 radical (unpaired) electrons. The van der Waals surface area contributed by atoms with Gasteiger partial charge in [-0.15, -0.1) is 11.3 Å². The van der Waals surface area contributed by atoms with Crippen LogP contribution in [0.3, 0.4) is 0 Å². The van der Waals surface area contributed by atoms with Gasteiger partial charge in [0.15, 0.2) is 0 Å². The zero-order chi connectivity index (χ0) is 12.3. The number of hydrogen-bond acceptors (Lipinski definition) is 3. The molecule has 1 unspecified atom stereocenters. The largest absolute Gasteiger partial charge is 0.366 e. The fraction of sp³-hybridized carbons (Fsp3) is 0.250. The second-order valence-electron chi connectivity index (χ2n) is 3.81. The van der Waals surface area contributed by atoms with Crippen LogP contribution < -0.4 is 5.32 Å². The Morgan fingerprint density at radius 3 is 3.06 bits per heavy atom. The lowest BCUT2D eigenvalue weighted by molar-refractivity contribution is 0.794. The van der Waals surface area contributed by atoms with E-state index >= 15 is 0 Å². The van der Waals surface area contributed by atoms with Crippen molar-refractivity contribution in [2.45, 2.75) is 19.4 Å². The summed E-state index contributed by atoms with van der Waals surface area (Å²) in [4.78, 5) is 5.62. The van der Waals surface area contributed by atoms with Gasteiger partial charge in [0.05, 0.1) is 5.02 Å². The van der Waals surface area contributed by atoms with Gasteiger partial charge in [-0.05, 0) is 40.4 Å². The molecule has 17 heavy (non-hydrogen) atoms. The summed E-state index contributed by atoms with van der Waals surface area (Å²) in [5.74, 6) is 0.735. The maximum absolute atomic E-state index is 6.10. The maximum atomic E-state index is 6.10. The predicted octanol–water partition coefficient (Wildman–Crippen LogP) is 4.60. The lowest BCUT2D eigenvalue weighted by atomic mass is 10.2. The van der Waals surface area contributed by atoms with Crippen LogP contribution in [0.15, 0.2) is 34.2 Å². The summed E-state index contributed by atoms with van der Waals surface area (Å²) < 4.78 is 0.888. The van der Waals surface area contributed by atoms with E-state index in [1.165, 1.54) is 4.88 Å². The Morgan fingerprint density at radius 1 is 1.59 bits per heavy atom. The summed E-state index contributed by atoms with van der Waals surface area (Å²) in [5, 5.41) is 6.05. The fourth-order valence-electron chi connectivity index (χ4n) is 1.54. The number of anilines is 1. The van der Waals surface area contributed by atoms with Crippen molar-refractivity contribution < 1.29 is 0 Å². The quantitative estimate of drug-likeness (QED) is 0.885. The Hall–Kier alpha value is -0.580. The highest BCUT2D eigenvalue weighted by Gasteiger charge is 2.08. The molecule has 2 aromatic heterocycles. The molecule has 90 valence electrons. The summed E-state index contributed by atoms with van der Waals surface area (Å²) in [6, 6.07) is 6.35. The van der Waals surface area contributed by atoms with E-state index in [9.17, 15) is 0 Å². The van der Waals surface area contributed by atoms with Crippen LogP contribution in [0.25, 0.3) is 0 Å². The first-order valence-corrected chi connectivity index (χ1v) is 7.30. The maximum Gasteiger partial charge on any atom is 0.145 e. The molecule has 0 aliphatic rings. The van der Waals surface area contributed by atoms with E-state index in [0.29, 0.717) is 11.1 Å². The van der Waals surface area contributed by atoms with Gasteiger partial charge in [0.25, 0.3) is 0 Å². The molecule has 2 aromatic rings.